The quantitative estimate of drug-likeness (QED) is 0.295. The summed E-state index contributed by atoms with van der Waals surface area (Å²) in [7, 11) is 0. The van der Waals surface area contributed by atoms with Crippen LogP contribution in [0.5, 0.6) is 0 Å². The fourth-order valence-electron chi connectivity index (χ4n) is 3.36. The average Bonchev–Trinajstić information content (AvgIpc) is 2.67. The standard InChI is InChI=1S/C22H42O6/c1-5-18(6-2)16-27-14-12-22(21(25)26,11-9-10-20(23)24)13-15-28-17-19(7-3)8-4/h18-19H,5-17H2,1-4H3,(H,23,24)(H,25,26). The highest BCUT2D eigenvalue weighted by molar-refractivity contribution is 5.74. The zero-order valence-corrected chi connectivity index (χ0v) is 18.4. The van der Waals surface area contributed by atoms with Gasteiger partial charge >= 0.3 is 11.9 Å². The minimum atomic E-state index is -0.989. The van der Waals surface area contributed by atoms with E-state index in [1.807, 2.05) is 0 Å². The van der Waals surface area contributed by atoms with Gasteiger partial charge in [-0.15, -0.1) is 0 Å². The van der Waals surface area contributed by atoms with E-state index in [0.717, 1.165) is 25.7 Å². The van der Waals surface area contributed by atoms with Crippen LogP contribution >= 0.6 is 0 Å². The molecule has 0 radical (unpaired) electrons. The van der Waals surface area contributed by atoms with Gasteiger partial charge in [-0.25, -0.2) is 0 Å². The Morgan fingerprint density at radius 2 is 1.21 bits per heavy atom. The van der Waals surface area contributed by atoms with Gasteiger partial charge in [-0.05, 0) is 37.5 Å². The lowest BCUT2D eigenvalue weighted by molar-refractivity contribution is -0.153. The first kappa shape index (κ1) is 26.9. The monoisotopic (exact) mass is 402 g/mol. The Hall–Kier alpha value is -1.14. The Bertz CT molecular complexity index is 395. The van der Waals surface area contributed by atoms with E-state index in [2.05, 4.69) is 27.7 Å². The maximum atomic E-state index is 12.1. The average molecular weight is 403 g/mol. The molecule has 0 fully saturated rings. The number of hydrogen-bond donors (Lipinski definition) is 2. The van der Waals surface area contributed by atoms with Crippen molar-refractivity contribution in [3.8, 4) is 0 Å². The van der Waals surface area contributed by atoms with E-state index in [1.54, 1.807) is 0 Å². The molecule has 28 heavy (non-hydrogen) atoms. The SMILES string of the molecule is CCC(CC)COCCC(CCCC(=O)O)(CCOCC(CC)CC)C(=O)O. The van der Waals surface area contributed by atoms with Gasteiger partial charge in [0.15, 0.2) is 0 Å². The van der Waals surface area contributed by atoms with Crippen molar-refractivity contribution in [2.45, 2.75) is 85.5 Å². The minimum absolute atomic E-state index is 0.0156. The Morgan fingerprint density at radius 3 is 1.54 bits per heavy atom. The van der Waals surface area contributed by atoms with Crippen LogP contribution in [0.3, 0.4) is 0 Å². The van der Waals surface area contributed by atoms with Crippen molar-refractivity contribution in [3.05, 3.63) is 0 Å². The van der Waals surface area contributed by atoms with Crippen LogP contribution in [0.4, 0.5) is 0 Å². The predicted octanol–water partition coefficient (Wildman–Crippen LogP) is 5.00. The second-order valence-corrected chi connectivity index (χ2v) is 7.85. The van der Waals surface area contributed by atoms with Gasteiger partial charge < -0.3 is 19.7 Å². The summed E-state index contributed by atoms with van der Waals surface area (Å²) in [6.45, 7) is 10.5. The van der Waals surface area contributed by atoms with Crippen LogP contribution < -0.4 is 0 Å². The lowest BCUT2D eigenvalue weighted by Gasteiger charge is -2.30. The first-order valence-electron chi connectivity index (χ1n) is 11.0. The molecular weight excluding hydrogens is 360 g/mol. The van der Waals surface area contributed by atoms with E-state index >= 15 is 0 Å². The lowest BCUT2D eigenvalue weighted by Crippen LogP contribution is -2.34. The van der Waals surface area contributed by atoms with Gasteiger partial charge in [0.25, 0.3) is 0 Å². The lowest BCUT2D eigenvalue weighted by atomic mass is 9.77. The number of ether oxygens (including phenoxy) is 2. The molecule has 0 saturated carbocycles. The molecule has 0 bridgehead atoms. The van der Waals surface area contributed by atoms with E-state index in [-0.39, 0.29) is 6.42 Å². The van der Waals surface area contributed by atoms with Crippen molar-refractivity contribution in [2.24, 2.45) is 17.3 Å². The van der Waals surface area contributed by atoms with Gasteiger partial charge in [-0.1, -0.05) is 53.4 Å². The highest BCUT2D eigenvalue weighted by Gasteiger charge is 2.37. The number of aliphatic carboxylic acids is 2. The summed E-state index contributed by atoms with van der Waals surface area (Å²) in [6.07, 6.45) is 5.61. The molecule has 0 aliphatic carbocycles. The maximum absolute atomic E-state index is 12.1. The van der Waals surface area contributed by atoms with Gasteiger partial charge in [0.05, 0.1) is 5.41 Å². The smallest absolute Gasteiger partial charge is 0.309 e. The van der Waals surface area contributed by atoms with Crippen LogP contribution in [-0.4, -0.2) is 48.6 Å². The number of carboxylic acids is 2. The van der Waals surface area contributed by atoms with Gasteiger partial charge in [0.1, 0.15) is 0 Å². The highest BCUT2D eigenvalue weighted by Crippen LogP contribution is 2.34. The summed E-state index contributed by atoms with van der Waals surface area (Å²) < 4.78 is 11.5. The molecule has 0 spiro atoms. The largest absolute Gasteiger partial charge is 0.481 e. The van der Waals surface area contributed by atoms with E-state index in [9.17, 15) is 14.7 Å². The molecule has 0 amide bonds. The molecular formula is C22H42O6. The van der Waals surface area contributed by atoms with Crippen molar-refractivity contribution >= 4 is 11.9 Å². The Balaban J connectivity index is 4.79. The number of carboxylic acid groups (broad SMARTS) is 2. The van der Waals surface area contributed by atoms with Crippen LogP contribution in [0.15, 0.2) is 0 Å². The number of rotatable bonds is 19. The van der Waals surface area contributed by atoms with Crippen molar-refractivity contribution in [1.29, 1.82) is 0 Å². The molecule has 2 N–H and O–H groups in total. The summed E-state index contributed by atoms with van der Waals surface area (Å²) >= 11 is 0. The summed E-state index contributed by atoms with van der Waals surface area (Å²) in [5, 5.41) is 18.8. The van der Waals surface area contributed by atoms with Crippen LogP contribution in [0, 0.1) is 17.3 Å². The fraction of sp³-hybridized carbons (Fsp3) is 0.909. The minimum Gasteiger partial charge on any atom is -0.481 e. The van der Waals surface area contributed by atoms with Gasteiger partial charge in [-0.3, -0.25) is 9.59 Å². The fourth-order valence-corrected chi connectivity index (χ4v) is 3.36. The van der Waals surface area contributed by atoms with E-state index < -0.39 is 17.4 Å². The second-order valence-electron chi connectivity index (χ2n) is 7.85. The molecule has 0 aliphatic rings. The zero-order valence-electron chi connectivity index (χ0n) is 18.4. The molecule has 6 nitrogen and oxygen atoms in total. The molecule has 0 saturated heterocycles. The van der Waals surface area contributed by atoms with Crippen LogP contribution in [0.1, 0.15) is 85.5 Å². The Labute approximate surface area is 171 Å². The molecule has 0 aromatic carbocycles. The van der Waals surface area contributed by atoms with Gasteiger partial charge in [-0.2, -0.15) is 0 Å². The molecule has 0 aliphatic heterocycles. The van der Waals surface area contributed by atoms with Crippen molar-refractivity contribution < 1.29 is 29.3 Å². The van der Waals surface area contributed by atoms with Crippen LogP contribution in [0.2, 0.25) is 0 Å². The summed E-state index contributed by atoms with van der Waals surface area (Å²) in [4.78, 5) is 23.0. The summed E-state index contributed by atoms with van der Waals surface area (Å²) in [6, 6.07) is 0. The molecule has 0 atom stereocenters. The maximum Gasteiger partial charge on any atom is 0.309 e. The molecule has 0 aromatic heterocycles. The molecule has 166 valence electrons. The third-order valence-electron chi connectivity index (χ3n) is 5.97. The number of hydrogen-bond acceptors (Lipinski definition) is 4. The summed E-state index contributed by atoms with van der Waals surface area (Å²) in [5.41, 5.74) is -0.989. The molecule has 0 aromatic rings. The van der Waals surface area contributed by atoms with Gasteiger partial charge in [0.2, 0.25) is 0 Å². The van der Waals surface area contributed by atoms with Crippen LogP contribution in [-0.2, 0) is 19.1 Å². The summed E-state index contributed by atoms with van der Waals surface area (Å²) in [5.74, 6) is -0.784. The topological polar surface area (TPSA) is 93.1 Å². The third kappa shape index (κ3) is 11.0. The molecule has 6 heteroatoms. The van der Waals surface area contributed by atoms with Crippen molar-refractivity contribution in [3.63, 3.8) is 0 Å². The predicted molar refractivity (Wildman–Crippen MR) is 111 cm³/mol. The Morgan fingerprint density at radius 1 is 0.786 bits per heavy atom. The second kappa shape index (κ2) is 15.7. The normalized spacial score (nSPS) is 12.1. The first-order chi connectivity index (χ1) is 13.3. The van der Waals surface area contributed by atoms with Gasteiger partial charge in [0, 0.05) is 32.8 Å². The third-order valence-corrected chi connectivity index (χ3v) is 5.97. The van der Waals surface area contributed by atoms with Crippen molar-refractivity contribution in [2.75, 3.05) is 26.4 Å². The molecule has 0 unspecified atom stereocenters. The number of carbonyl (C=O) groups is 2. The van der Waals surface area contributed by atoms with Crippen LogP contribution in [0.25, 0.3) is 0 Å². The highest BCUT2D eigenvalue weighted by atomic mass is 16.5. The van der Waals surface area contributed by atoms with E-state index in [0.29, 0.717) is 63.9 Å². The van der Waals surface area contributed by atoms with E-state index in [4.69, 9.17) is 14.6 Å². The zero-order chi connectivity index (χ0) is 21.4. The Kier molecular flexibility index (Phi) is 15.1. The van der Waals surface area contributed by atoms with Crippen molar-refractivity contribution in [1.82, 2.24) is 0 Å². The molecule has 0 rings (SSSR count). The molecule has 0 heterocycles. The first-order valence-corrected chi connectivity index (χ1v) is 11.0. The van der Waals surface area contributed by atoms with E-state index in [1.165, 1.54) is 0 Å².